The lowest BCUT2D eigenvalue weighted by Crippen LogP contribution is -2.13. The number of methoxy groups -OCH3 is 1. The molecule has 8 heteroatoms. The Morgan fingerprint density at radius 3 is 2.33 bits per heavy atom. The summed E-state index contributed by atoms with van der Waals surface area (Å²) in [7, 11) is -2.03. The van der Waals surface area contributed by atoms with Crippen molar-refractivity contribution in [2.75, 3.05) is 39.8 Å². The van der Waals surface area contributed by atoms with Crippen molar-refractivity contribution in [2.45, 2.75) is 19.3 Å². The highest BCUT2D eigenvalue weighted by Gasteiger charge is 2.02. The van der Waals surface area contributed by atoms with E-state index in [1.165, 1.54) is 7.11 Å². The van der Waals surface area contributed by atoms with Crippen molar-refractivity contribution in [2.24, 2.45) is 0 Å². The van der Waals surface area contributed by atoms with E-state index in [9.17, 15) is 13.2 Å². The van der Waals surface area contributed by atoms with E-state index in [-0.39, 0.29) is 19.2 Å². The van der Waals surface area contributed by atoms with Crippen molar-refractivity contribution in [3.05, 3.63) is 29.8 Å². The van der Waals surface area contributed by atoms with Gasteiger partial charge in [0, 0.05) is 6.42 Å². The molecule has 0 aromatic heterocycles. The Morgan fingerprint density at radius 2 is 1.71 bits per heavy atom. The van der Waals surface area contributed by atoms with E-state index < -0.39 is 10.1 Å². The molecule has 0 saturated heterocycles. The molecule has 0 atom stereocenters. The van der Waals surface area contributed by atoms with Gasteiger partial charge in [0.05, 0.1) is 33.2 Å². The van der Waals surface area contributed by atoms with Crippen molar-refractivity contribution in [3.63, 3.8) is 0 Å². The Labute approximate surface area is 143 Å². The zero-order valence-electron chi connectivity index (χ0n) is 14.0. The fraction of sp³-hybridized carbons (Fsp3) is 0.562. The van der Waals surface area contributed by atoms with Crippen molar-refractivity contribution in [1.29, 1.82) is 0 Å². The molecule has 1 aromatic carbocycles. The highest BCUT2D eigenvalue weighted by Crippen LogP contribution is 2.14. The van der Waals surface area contributed by atoms with E-state index in [0.717, 1.165) is 30.4 Å². The zero-order valence-corrected chi connectivity index (χ0v) is 14.8. The number of benzene rings is 1. The number of ether oxygens (including phenoxy) is 3. The van der Waals surface area contributed by atoms with Gasteiger partial charge in [0.1, 0.15) is 12.4 Å². The summed E-state index contributed by atoms with van der Waals surface area (Å²) in [4.78, 5) is 11.0. The lowest BCUT2D eigenvalue weighted by Gasteiger charge is -2.08. The number of hydrogen-bond donors (Lipinski definition) is 0. The maximum Gasteiger partial charge on any atom is 0.305 e. The topological polar surface area (TPSA) is 88.1 Å². The molecule has 1 aromatic rings. The first-order valence-electron chi connectivity index (χ1n) is 7.61. The Bertz CT molecular complexity index is 581. The first-order chi connectivity index (χ1) is 11.4. The highest BCUT2D eigenvalue weighted by molar-refractivity contribution is 7.85. The second-order valence-corrected chi connectivity index (χ2v) is 6.70. The van der Waals surface area contributed by atoms with Crippen LogP contribution >= 0.6 is 0 Å². The van der Waals surface area contributed by atoms with Crippen LogP contribution in [0.3, 0.4) is 0 Å². The van der Waals surface area contributed by atoms with Crippen LogP contribution in [0, 0.1) is 0 Å². The minimum Gasteiger partial charge on any atom is -0.491 e. The summed E-state index contributed by atoms with van der Waals surface area (Å²) < 4.78 is 41.3. The van der Waals surface area contributed by atoms with Gasteiger partial charge in [0.15, 0.2) is 0 Å². The predicted octanol–water partition coefficient (Wildman–Crippen LogP) is 1.55. The summed E-state index contributed by atoms with van der Waals surface area (Å²) in [6, 6.07) is 7.63. The summed E-state index contributed by atoms with van der Waals surface area (Å²) in [5, 5.41) is 0. The molecule has 1 rings (SSSR count). The largest absolute Gasteiger partial charge is 0.491 e. The number of carbonyl (C=O) groups is 1. The molecule has 0 aliphatic heterocycles. The molecule has 0 amide bonds. The molecular weight excluding hydrogens is 336 g/mol. The summed E-state index contributed by atoms with van der Waals surface area (Å²) >= 11 is 0. The number of aryl methyl sites for hydroxylation is 1. The molecule has 0 radical (unpaired) electrons. The third-order valence-corrected chi connectivity index (χ3v) is 3.61. The maximum absolute atomic E-state index is 11.0. The second-order valence-electron chi connectivity index (χ2n) is 5.06. The molecule has 0 unspecified atom stereocenters. The van der Waals surface area contributed by atoms with Gasteiger partial charge in [-0.15, -0.1) is 0 Å². The van der Waals surface area contributed by atoms with Crippen LogP contribution in [0.2, 0.25) is 0 Å². The first kappa shape index (κ1) is 20.4. The Kier molecular flexibility index (Phi) is 9.36. The Hall–Kier alpha value is -1.64. The quantitative estimate of drug-likeness (QED) is 0.317. The molecular formula is C16H24O7S. The van der Waals surface area contributed by atoms with Gasteiger partial charge in [-0.25, -0.2) is 0 Å². The lowest BCUT2D eigenvalue weighted by atomic mass is 10.1. The van der Waals surface area contributed by atoms with E-state index >= 15 is 0 Å². The van der Waals surface area contributed by atoms with Crippen molar-refractivity contribution < 1.29 is 31.6 Å². The average molecular weight is 360 g/mol. The standard InChI is InChI=1S/C16H24O7S/c1-20-16(17)5-3-4-14-6-8-15(9-7-14)22-12-10-21-11-13-23-24(2,18)19/h6-9H,3-5,10-13H2,1-2H3. The van der Waals surface area contributed by atoms with E-state index in [1.807, 2.05) is 24.3 Å². The lowest BCUT2D eigenvalue weighted by molar-refractivity contribution is -0.140. The number of carbonyl (C=O) groups excluding carboxylic acids is 1. The zero-order chi connectivity index (χ0) is 17.8. The van der Waals surface area contributed by atoms with Gasteiger partial charge in [0.25, 0.3) is 10.1 Å². The monoisotopic (exact) mass is 360 g/mol. The van der Waals surface area contributed by atoms with Crippen LogP contribution in [-0.2, 0) is 35.0 Å². The Balaban J connectivity index is 2.13. The van der Waals surface area contributed by atoms with Crippen molar-refractivity contribution in [1.82, 2.24) is 0 Å². The number of hydrogen-bond acceptors (Lipinski definition) is 7. The van der Waals surface area contributed by atoms with Crippen LogP contribution in [0.4, 0.5) is 0 Å². The summed E-state index contributed by atoms with van der Waals surface area (Å²) in [5.74, 6) is 0.527. The average Bonchev–Trinajstić information content (AvgIpc) is 2.54. The predicted molar refractivity (Wildman–Crippen MR) is 88.5 cm³/mol. The molecule has 0 aliphatic rings. The van der Waals surface area contributed by atoms with E-state index in [1.54, 1.807) is 0 Å². The molecule has 0 aliphatic carbocycles. The molecule has 24 heavy (non-hydrogen) atoms. The molecule has 0 spiro atoms. The van der Waals surface area contributed by atoms with Gasteiger partial charge < -0.3 is 14.2 Å². The number of esters is 1. The van der Waals surface area contributed by atoms with E-state index in [2.05, 4.69) is 8.92 Å². The van der Waals surface area contributed by atoms with Gasteiger partial charge in [-0.2, -0.15) is 8.42 Å². The molecule has 7 nitrogen and oxygen atoms in total. The maximum atomic E-state index is 11.0. The van der Waals surface area contributed by atoms with Gasteiger partial charge in [-0.1, -0.05) is 12.1 Å². The smallest absolute Gasteiger partial charge is 0.305 e. The van der Waals surface area contributed by atoms with Crippen LogP contribution < -0.4 is 4.74 Å². The van der Waals surface area contributed by atoms with Gasteiger partial charge in [-0.3, -0.25) is 8.98 Å². The molecule has 0 bridgehead atoms. The summed E-state index contributed by atoms with van der Waals surface area (Å²) in [5.41, 5.74) is 1.13. The van der Waals surface area contributed by atoms with Crippen LogP contribution in [-0.4, -0.2) is 54.2 Å². The molecule has 0 heterocycles. The number of rotatable bonds is 12. The van der Waals surface area contributed by atoms with Crippen molar-refractivity contribution in [3.8, 4) is 5.75 Å². The molecule has 136 valence electrons. The fourth-order valence-corrected chi connectivity index (χ4v) is 2.23. The minimum absolute atomic E-state index is 0.000888. The highest BCUT2D eigenvalue weighted by atomic mass is 32.2. The Morgan fingerprint density at radius 1 is 1.04 bits per heavy atom. The normalized spacial score (nSPS) is 11.2. The first-order valence-corrected chi connectivity index (χ1v) is 9.43. The van der Waals surface area contributed by atoms with Crippen LogP contribution in [0.15, 0.2) is 24.3 Å². The minimum atomic E-state index is -3.41. The molecule has 0 saturated carbocycles. The van der Waals surface area contributed by atoms with E-state index in [4.69, 9.17) is 9.47 Å². The van der Waals surface area contributed by atoms with Crippen LogP contribution in [0.1, 0.15) is 18.4 Å². The fourth-order valence-electron chi connectivity index (χ4n) is 1.86. The van der Waals surface area contributed by atoms with Gasteiger partial charge in [-0.05, 0) is 30.5 Å². The SMILES string of the molecule is COC(=O)CCCc1ccc(OCCOCCOS(C)(=O)=O)cc1. The summed E-state index contributed by atoms with van der Waals surface area (Å²) in [6.45, 7) is 0.892. The van der Waals surface area contributed by atoms with Crippen LogP contribution in [0.5, 0.6) is 5.75 Å². The van der Waals surface area contributed by atoms with Gasteiger partial charge >= 0.3 is 5.97 Å². The van der Waals surface area contributed by atoms with E-state index in [0.29, 0.717) is 19.6 Å². The third-order valence-electron chi connectivity index (χ3n) is 3.02. The molecule has 0 N–H and O–H groups in total. The van der Waals surface area contributed by atoms with Crippen LogP contribution in [0.25, 0.3) is 0 Å². The molecule has 0 fully saturated rings. The second kappa shape index (κ2) is 11.0. The summed E-state index contributed by atoms with van der Waals surface area (Å²) in [6.07, 6.45) is 2.96. The van der Waals surface area contributed by atoms with Crippen molar-refractivity contribution >= 4 is 16.1 Å². The third kappa shape index (κ3) is 10.2. The van der Waals surface area contributed by atoms with Gasteiger partial charge in [0.2, 0.25) is 0 Å².